The number of fused-ring (bicyclic) bond motifs is 2. The Balaban J connectivity index is 1.38. The maximum absolute atomic E-state index is 13.5. The second-order valence-corrected chi connectivity index (χ2v) is 9.99. The highest BCUT2D eigenvalue weighted by Crippen LogP contribution is 2.32. The molecular formula is C26H29N3O3S. The summed E-state index contributed by atoms with van der Waals surface area (Å²) in [6.07, 6.45) is 7.28. The van der Waals surface area contributed by atoms with E-state index in [1.807, 2.05) is 36.6 Å². The van der Waals surface area contributed by atoms with Crippen LogP contribution in [-0.4, -0.2) is 59.5 Å². The SMILES string of the molecule is CSc1ccc(-c2ccc3c(c2)C(=O)N2CCN(C(=O)C4CCCCC4)C[C@@H]2C(=O)N3)cc1. The van der Waals surface area contributed by atoms with Crippen molar-refractivity contribution >= 4 is 35.2 Å². The van der Waals surface area contributed by atoms with E-state index in [2.05, 4.69) is 17.4 Å². The van der Waals surface area contributed by atoms with Crippen LogP contribution in [0.1, 0.15) is 42.5 Å². The number of nitrogens with zero attached hydrogens (tertiary/aromatic N) is 2. The third-order valence-electron chi connectivity index (χ3n) is 7.14. The van der Waals surface area contributed by atoms with Crippen LogP contribution in [0.15, 0.2) is 47.4 Å². The minimum atomic E-state index is -0.657. The summed E-state index contributed by atoms with van der Waals surface area (Å²) in [6.45, 7) is 1.13. The lowest BCUT2D eigenvalue weighted by Gasteiger charge is -2.40. The van der Waals surface area contributed by atoms with E-state index in [0.29, 0.717) is 24.3 Å². The number of carbonyl (C=O) groups is 3. The van der Waals surface area contributed by atoms with Gasteiger partial charge >= 0.3 is 0 Å². The predicted molar refractivity (Wildman–Crippen MR) is 130 cm³/mol. The van der Waals surface area contributed by atoms with Gasteiger partial charge in [0.2, 0.25) is 11.8 Å². The quantitative estimate of drug-likeness (QED) is 0.691. The summed E-state index contributed by atoms with van der Waals surface area (Å²) in [7, 11) is 0. The van der Waals surface area contributed by atoms with Gasteiger partial charge in [-0.3, -0.25) is 14.4 Å². The number of thioether (sulfide) groups is 1. The molecule has 1 saturated heterocycles. The summed E-state index contributed by atoms with van der Waals surface area (Å²) in [5.41, 5.74) is 3.00. The Labute approximate surface area is 198 Å². The zero-order chi connectivity index (χ0) is 22.9. The van der Waals surface area contributed by atoms with E-state index in [-0.39, 0.29) is 30.2 Å². The zero-order valence-electron chi connectivity index (χ0n) is 18.9. The van der Waals surface area contributed by atoms with Crippen LogP contribution in [-0.2, 0) is 9.59 Å². The first kappa shape index (κ1) is 22.0. The molecule has 7 heteroatoms. The summed E-state index contributed by atoms with van der Waals surface area (Å²) in [5.74, 6) is -0.166. The molecule has 2 fully saturated rings. The highest BCUT2D eigenvalue weighted by molar-refractivity contribution is 7.98. The molecular weight excluding hydrogens is 434 g/mol. The van der Waals surface area contributed by atoms with Gasteiger partial charge in [-0.25, -0.2) is 0 Å². The fraction of sp³-hybridized carbons (Fsp3) is 0.423. The molecule has 0 radical (unpaired) electrons. The van der Waals surface area contributed by atoms with Gasteiger partial charge in [0, 0.05) is 23.9 Å². The lowest BCUT2D eigenvalue weighted by molar-refractivity contribution is -0.140. The maximum atomic E-state index is 13.5. The highest BCUT2D eigenvalue weighted by atomic mass is 32.2. The Hall–Kier alpha value is -2.80. The highest BCUT2D eigenvalue weighted by Gasteiger charge is 2.41. The molecule has 3 aliphatic rings. The second-order valence-electron chi connectivity index (χ2n) is 9.11. The molecule has 1 atom stereocenters. The van der Waals surface area contributed by atoms with E-state index < -0.39 is 6.04 Å². The Kier molecular flexibility index (Phi) is 6.15. The molecule has 0 unspecified atom stereocenters. The van der Waals surface area contributed by atoms with Crippen LogP contribution in [0.2, 0.25) is 0 Å². The summed E-state index contributed by atoms with van der Waals surface area (Å²) in [5, 5.41) is 2.95. The van der Waals surface area contributed by atoms with Gasteiger partial charge in [-0.1, -0.05) is 37.5 Å². The normalized spacial score (nSPS) is 21.2. The van der Waals surface area contributed by atoms with Gasteiger partial charge in [0.25, 0.3) is 5.91 Å². The smallest absolute Gasteiger partial charge is 0.256 e. The molecule has 1 saturated carbocycles. The first-order chi connectivity index (χ1) is 16.0. The average molecular weight is 464 g/mol. The number of amides is 3. The Bertz CT molecular complexity index is 1080. The molecule has 0 spiro atoms. The minimum Gasteiger partial charge on any atom is -0.338 e. The molecule has 3 amide bonds. The summed E-state index contributed by atoms with van der Waals surface area (Å²) in [4.78, 5) is 44.3. The number of carbonyl (C=O) groups excluding carboxylic acids is 3. The molecule has 33 heavy (non-hydrogen) atoms. The van der Waals surface area contributed by atoms with Gasteiger partial charge in [-0.15, -0.1) is 11.8 Å². The van der Waals surface area contributed by atoms with E-state index in [9.17, 15) is 14.4 Å². The van der Waals surface area contributed by atoms with Gasteiger partial charge in [-0.05, 0) is 54.5 Å². The number of piperazine rings is 1. The first-order valence-electron chi connectivity index (χ1n) is 11.7. The molecule has 1 N–H and O–H groups in total. The van der Waals surface area contributed by atoms with E-state index in [1.165, 1.54) is 11.3 Å². The molecule has 0 aromatic heterocycles. The van der Waals surface area contributed by atoms with E-state index >= 15 is 0 Å². The number of hydrogen-bond donors (Lipinski definition) is 1. The Morgan fingerprint density at radius 3 is 2.42 bits per heavy atom. The van der Waals surface area contributed by atoms with Crippen molar-refractivity contribution < 1.29 is 14.4 Å². The zero-order valence-corrected chi connectivity index (χ0v) is 19.7. The number of rotatable bonds is 3. The lowest BCUT2D eigenvalue weighted by Crippen LogP contribution is -2.60. The predicted octanol–water partition coefficient (Wildman–Crippen LogP) is 4.26. The molecule has 172 valence electrons. The van der Waals surface area contributed by atoms with Crippen LogP contribution in [0.3, 0.4) is 0 Å². The van der Waals surface area contributed by atoms with Crippen LogP contribution in [0.4, 0.5) is 5.69 Å². The molecule has 2 aromatic carbocycles. The fourth-order valence-corrected chi connectivity index (χ4v) is 5.63. The maximum Gasteiger partial charge on any atom is 0.256 e. The first-order valence-corrected chi connectivity index (χ1v) is 13.0. The molecule has 2 aromatic rings. The van der Waals surface area contributed by atoms with Crippen LogP contribution in [0, 0.1) is 5.92 Å². The van der Waals surface area contributed by atoms with Crippen LogP contribution >= 0.6 is 11.8 Å². The Morgan fingerprint density at radius 1 is 0.970 bits per heavy atom. The monoisotopic (exact) mass is 463 g/mol. The topological polar surface area (TPSA) is 69.7 Å². The van der Waals surface area contributed by atoms with Crippen LogP contribution in [0.5, 0.6) is 0 Å². The summed E-state index contributed by atoms with van der Waals surface area (Å²) in [6, 6.07) is 13.2. The van der Waals surface area contributed by atoms with Gasteiger partial charge in [0.15, 0.2) is 0 Å². The number of benzene rings is 2. The molecule has 5 rings (SSSR count). The number of hydrogen-bond acceptors (Lipinski definition) is 4. The minimum absolute atomic E-state index is 0.0621. The number of anilines is 1. The molecule has 1 aliphatic carbocycles. The van der Waals surface area contributed by atoms with Crippen molar-refractivity contribution in [2.24, 2.45) is 5.92 Å². The largest absolute Gasteiger partial charge is 0.338 e. The van der Waals surface area contributed by atoms with E-state index in [0.717, 1.165) is 36.8 Å². The van der Waals surface area contributed by atoms with Gasteiger partial charge in [-0.2, -0.15) is 0 Å². The van der Waals surface area contributed by atoms with Gasteiger partial charge in [0.1, 0.15) is 6.04 Å². The lowest BCUT2D eigenvalue weighted by atomic mass is 9.88. The van der Waals surface area contributed by atoms with Crippen molar-refractivity contribution in [2.75, 3.05) is 31.2 Å². The summed E-state index contributed by atoms with van der Waals surface area (Å²) < 4.78 is 0. The molecule has 6 nitrogen and oxygen atoms in total. The van der Waals surface area contributed by atoms with Crippen molar-refractivity contribution in [2.45, 2.75) is 43.0 Å². The standard InChI is InChI=1S/C26H29N3O3S/c1-33-20-10-7-17(8-11-20)19-9-12-22-21(15-19)26(32)29-14-13-28(16-23(29)24(30)27-22)25(31)18-5-3-2-4-6-18/h7-12,15,18,23H,2-6,13-14,16H2,1H3,(H,27,30)/t23-/m1/s1. The third-order valence-corrected chi connectivity index (χ3v) is 7.88. The van der Waals surface area contributed by atoms with Crippen molar-refractivity contribution in [3.05, 3.63) is 48.0 Å². The van der Waals surface area contributed by atoms with Crippen molar-refractivity contribution in [3.8, 4) is 11.1 Å². The summed E-state index contributed by atoms with van der Waals surface area (Å²) >= 11 is 1.69. The van der Waals surface area contributed by atoms with Crippen molar-refractivity contribution in [1.29, 1.82) is 0 Å². The fourth-order valence-electron chi connectivity index (χ4n) is 5.22. The van der Waals surface area contributed by atoms with Crippen LogP contribution in [0.25, 0.3) is 11.1 Å². The van der Waals surface area contributed by atoms with E-state index in [4.69, 9.17) is 0 Å². The van der Waals surface area contributed by atoms with Gasteiger partial charge in [0.05, 0.1) is 17.8 Å². The van der Waals surface area contributed by atoms with Crippen LogP contribution < -0.4 is 5.32 Å². The number of nitrogens with one attached hydrogen (secondary N) is 1. The third kappa shape index (κ3) is 4.26. The Morgan fingerprint density at radius 2 is 1.70 bits per heavy atom. The van der Waals surface area contributed by atoms with Crippen molar-refractivity contribution in [3.63, 3.8) is 0 Å². The molecule has 2 heterocycles. The van der Waals surface area contributed by atoms with E-state index in [1.54, 1.807) is 21.6 Å². The average Bonchev–Trinajstić information content (AvgIpc) is 2.98. The van der Waals surface area contributed by atoms with Gasteiger partial charge < -0.3 is 15.1 Å². The molecule has 0 bridgehead atoms. The molecule has 2 aliphatic heterocycles. The van der Waals surface area contributed by atoms with Crippen molar-refractivity contribution in [1.82, 2.24) is 9.80 Å². The second kappa shape index (κ2) is 9.21.